The summed E-state index contributed by atoms with van der Waals surface area (Å²) in [5.74, 6) is 0. The molecule has 0 radical (unpaired) electrons. The summed E-state index contributed by atoms with van der Waals surface area (Å²) in [6.45, 7) is 0. The zero-order chi connectivity index (χ0) is 10.7. The van der Waals surface area contributed by atoms with Crippen LogP contribution in [0.3, 0.4) is 0 Å². The Morgan fingerprint density at radius 1 is 0.500 bits per heavy atom. The first-order valence-electron chi connectivity index (χ1n) is 1.39. The predicted octanol–water partition coefficient (Wildman–Crippen LogP) is -7.50. The summed E-state index contributed by atoms with van der Waals surface area (Å²) in [7, 11) is 0. The molecule has 9 nitrogen and oxygen atoms in total. The van der Waals surface area contributed by atoms with Gasteiger partial charge in [0.1, 0.15) is 0 Å². The van der Waals surface area contributed by atoms with E-state index in [9.17, 15) is 0 Å². The average Bonchev–Trinajstić information content (AvgIpc) is 1.54. The molecule has 0 fully saturated rings. The molecule has 93 valence electrons. The zero-order valence-corrected chi connectivity index (χ0v) is 13.8. The van der Waals surface area contributed by atoms with Gasteiger partial charge < -0.3 is 0 Å². The molecule has 0 rings (SSSR count). The summed E-state index contributed by atoms with van der Waals surface area (Å²) in [5.41, 5.74) is 0. The van der Waals surface area contributed by atoms with E-state index in [-0.39, 0.29) is 40.2 Å². The normalized spacial score (nSPS) is 7.50. The van der Waals surface area contributed by atoms with Gasteiger partial charge in [-0.1, -0.05) is 0 Å². The molecule has 0 saturated carbocycles. The molecule has 0 aromatic rings. The van der Waals surface area contributed by atoms with Crippen molar-refractivity contribution >= 4 is 0 Å². The van der Waals surface area contributed by atoms with E-state index in [2.05, 4.69) is 0 Å². The topological polar surface area (TPSA) is 190 Å². The Bertz CT molecular complexity index is 116. The van der Waals surface area contributed by atoms with Gasteiger partial charge in [-0.05, 0) is 0 Å². The van der Waals surface area contributed by atoms with Crippen LogP contribution in [-0.2, 0) is 95.2 Å². The number of hydrogen-bond acceptors (Lipinski definition) is 9. The summed E-state index contributed by atoms with van der Waals surface area (Å²) < 4.78 is 76.7. The Labute approximate surface area is 119 Å². The van der Waals surface area contributed by atoms with E-state index in [0.29, 0.717) is 0 Å². The molecule has 14 heavy (non-hydrogen) atoms. The van der Waals surface area contributed by atoms with Crippen LogP contribution in [0.15, 0.2) is 0 Å². The van der Waals surface area contributed by atoms with E-state index in [1.165, 1.54) is 0 Å². The summed E-state index contributed by atoms with van der Waals surface area (Å²) in [4.78, 5) is 0. The van der Waals surface area contributed by atoms with Crippen LogP contribution in [0.25, 0.3) is 0 Å². The Balaban J connectivity index is -0.0000000270. The molecule has 0 aliphatic rings. The molecule has 0 atom stereocenters. The van der Waals surface area contributed by atoms with Crippen molar-refractivity contribution in [1.82, 2.24) is 0 Å². The van der Waals surface area contributed by atoms with E-state index in [0.717, 1.165) is 0 Å². The second kappa shape index (κ2) is 24.3. The molecule has 0 aromatic carbocycles. The SMILES string of the molecule is [Ir+3].[Ir+3].[O]=[Mn]([O-])[O-].[O]=[Mn]([O-])[O-].[O]=[Mn]([O-])[O-]. The summed E-state index contributed by atoms with van der Waals surface area (Å²) in [6, 6.07) is 0. The van der Waals surface area contributed by atoms with Gasteiger partial charge in [-0.25, -0.2) is 0 Å². The Morgan fingerprint density at radius 3 is 0.500 bits per heavy atom. The summed E-state index contributed by atoms with van der Waals surface area (Å²) in [5, 5.41) is 0. The van der Waals surface area contributed by atoms with Crippen molar-refractivity contribution in [3.63, 3.8) is 0 Å². The fraction of sp³-hybridized carbons (Fsp3) is 0. The van der Waals surface area contributed by atoms with Crippen molar-refractivity contribution in [2.24, 2.45) is 0 Å². The molecule has 14 heteroatoms. The Morgan fingerprint density at radius 2 is 0.500 bits per heavy atom. The summed E-state index contributed by atoms with van der Waals surface area (Å²) >= 11 is -10.9. The van der Waals surface area contributed by atoms with Gasteiger partial charge in [0, 0.05) is 0 Å². The van der Waals surface area contributed by atoms with Crippen LogP contribution in [0.5, 0.6) is 0 Å². The van der Waals surface area contributed by atoms with Gasteiger partial charge in [0.25, 0.3) is 0 Å². The zero-order valence-electron chi connectivity index (χ0n) is 5.47. The first-order chi connectivity index (χ1) is 5.20. The quantitative estimate of drug-likeness (QED) is 0.222. The molecular weight excluding hydrogens is 693 g/mol. The minimum absolute atomic E-state index is 0. The monoisotopic (exact) mass is 695 g/mol. The Hall–Kier alpha value is 2.02. The van der Waals surface area contributed by atoms with E-state index >= 15 is 0 Å². The fourth-order valence-electron chi connectivity index (χ4n) is 0. The molecule has 0 N–H and O–H groups in total. The molecule has 0 spiro atoms. The molecule has 0 bridgehead atoms. The van der Waals surface area contributed by atoms with Crippen LogP contribution >= 0.6 is 0 Å². The molecular formula is Ir2Mn3O9. The van der Waals surface area contributed by atoms with Crippen molar-refractivity contribution in [2.75, 3.05) is 0 Å². The van der Waals surface area contributed by atoms with Gasteiger partial charge in [-0.3, -0.25) is 0 Å². The first-order valence-corrected chi connectivity index (χ1v) is 5.73. The first kappa shape index (κ1) is 29.8. The van der Waals surface area contributed by atoms with Crippen LogP contribution < -0.4 is 25.1 Å². The van der Waals surface area contributed by atoms with Crippen molar-refractivity contribution in [3.8, 4) is 0 Å². The molecule has 0 aromatic heterocycles. The third-order valence-corrected chi connectivity index (χ3v) is 0. The Kier molecular flexibility index (Phi) is 51.7. The van der Waals surface area contributed by atoms with Gasteiger partial charge in [0.05, 0.1) is 0 Å². The second-order valence-corrected chi connectivity index (χ2v) is 2.34. The van der Waals surface area contributed by atoms with Crippen molar-refractivity contribution in [1.29, 1.82) is 0 Å². The molecule has 0 saturated heterocycles. The van der Waals surface area contributed by atoms with Crippen LogP contribution in [0.1, 0.15) is 0 Å². The molecule has 0 unspecified atom stereocenters. The minimum atomic E-state index is -3.65. The van der Waals surface area contributed by atoms with Crippen LogP contribution in [0.2, 0.25) is 0 Å². The van der Waals surface area contributed by atoms with Gasteiger partial charge in [-0.15, -0.1) is 0 Å². The third kappa shape index (κ3) is 584. The van der Waals surface area contributed by atoms with Crippen molar-refractivity contribution in [3.05, 3.63) is 0 Å². The van der Waals surface area contributed by atoms with E-state index in [1.54, 1.807) is 0 Å². The van der Waals surface area contributed by atoms with Gasteiger partial charge in [0.15, 0.2) is 0 Å². The summed E-state index contributed by atoms with van der Waals surface area (Å²) in [6.07, 6.45) is 0. The third-order valence-electron chi connectivity index (χ3n) is 0. The van der Waals surface area contributed by atoms with Gasteiger partial charge in [-0.2, -0.15) is 0 Å². The van der Waals surface area contributed by atoms with Gasteiger partial charge >= 0.3 is 120 Å². The number of rotatable bonds is 0. The van der Waals surface area contributed by atoms with E-state index < -0.39 is 43.5 Å². The van der Waals surface area contributed by atoms with Crippen molar-refractivity contribution < 1.29 is 120 Å². The predicted molar refractivity (Wildman–Crippen MR) is 2.06 cm³/mol. The van der Waals surface area contributed by atoms with E-state index in [4.69, 9.17) is 36.6 Å². The average molecular weight is 693 g/mol. The standard InChI is InChI=1S/2Ir.3Mn.9O/q2*+3;;;;;;;6*-1. The van der Waals surface area contributed by atoms with Crippen LogP contribution in [0, 0.1) is 0 Å². The van der Waals surface area contributed by atoms with Crippen molar-refractivity contribution in [2.45, 2.75) is 0 Å². The van der Waals surface area contributed by atoms with Crippen LogP contribution in [0.4, 0.5) is 0 Å². The molecule has 0 aliphatic heterocycles. The number of hydrogen-bond donors (Lipinski definition) is 0. The fourth-order valence-corrected chi connectivity index (χ4v) is 0. The van der Waals surface area contributed by atoms with Gasteiger partial charge in [0.2, 0.25) is 0 Å². The molecule has 0 aliphatic carbocycles. The molecule has 0 amide bonds. The second-order valence-electron chi connectivity index (χ2n) is 0.567. The maximum absolute atomic E-state index is 8.52. The van der Waals surface area contributed by atoms with Crippen LogP contribution in [-0.4, -0.2) is 0 Å². The molecule has 0 heterocycles. The van der Waals surface area contributed by atoms with E-state index in [1.807, 2.05) is 0 Å². The maximum atomic E-state index is 8.52.